The smallest absolute Gasteiger partial charge is 0.233 e. The largest absolute Gasteiger partial charge is 0.508 e. The molecule has 5 rings (SSSR count). The lowest BCUT2D eigenvalue weighted by Gasteiger charge is -2.34. The summed E-state index contributed by atoms with van der Waals surface area (Å²) in [6.07, 6.45) is 1.15. The van der Waals surface area contributed by atoms with Gasteiger partial charge in [-0.2, -0.15) is 0 Å². The van der Waals surface area contributed by atoms with Gasteiger partial charge in [0.1, 0.15) is 5.75 Å². The van der Waals surface area contributed by atoms with Crippen LogP contribution in [0.2, 0.25) is 5.02 Å². The van der Waals surface area contributed by atoms with Gasteiger partial charge in [0.05, 0.1) is 11.3 Å². The Bertz CT molecular complexity index is 1130. The van der Waals surface area contributed by atoms with Crippen LogP contribution in [0, 0.1) is 6.92 Å². The molecule has 146 valence electrons. The van der Waals surface area contributed by atoms with Crippen molar-refractivity contribution in [2.75, 3.05) is 5.32 Å². The van der Waals surface area contributed by atoms with Crippen LogP contribution >= 0.6 is 11.6 Å². The maximum atomic E-state index is 13.3. The van der Waals surface area contributed by atoms with E-state index in [2.05, 4.69) is 10.5 Å². The Balaban J connectivity index is 1.61. The van der Waals surface area contributed by atoms with E-state index < -0.39 is 0 Å². The molecular formula is C23H19ClN2O3. The lowest BCUT2D eigenvalue weighted by Crippen LogP contribution is -2.29. The van der Waals surface area contributed by atoms with Gasteiger partial charge in [0.25, 0.3) is 0 Å². The summed E-state index contributed by atoms with van der Waals surface area (Å²) in [7, 11) is 0. The number of aromatic nitrogens is 1. The highest BCUT2D eigenvalue weighted by atomic mass is 35.5. The Morgan fingerprint density at radius 1 is 1.07 bits per heavy atom. The maximum absolute atomic E-state index is 13.3. The van der Waals surface area contributed by atoms with E-state index in [0.29, 0.717) is 23.7 Å². The zero-order valence-electron chi connectivity index (χ0n) is 15.8. The fraction of sp³-hybridized carbons (Fsp3) is 0.217. The molecule has 1 aromatic heterocycles. The average Bonchev–Trinajstić information content (AvgIpc) is 3.08. The van der Waals surface area contributed by atoms with Gasteiger partial charge < -0.3 is 14.9 Å². The van der Waals surface area contributed by atoms with Gasteiger partial charge >= 0.3 is 0 Å². The number of halogens is 1. The molecule has 0 unspecified atom stereocenters. The van der Waals surface area contributed by atoms with Gasteiger partial charge in [-0.15, -0.1) is 0 Å². The Labute approximate surface area is 173 Å². The summed E-state index contributed by atoms with van der Waals surface area (Å²) < 4.78 is 5.53. The van der Waals surface area contributed by atoms with Crippen LogP contribution in [0.3, 0.4) is 0 Å². The molecule has 0 spiro atoms. The summed E-state index contributed by atoms with van der Waals surface area (Å²) in [4.78, 5) is 13.3. The molecular weight excluding hydrogens is 388 g/mol. The van der Waals surface area contributed by atoms with E-state index >= 15 is 0 Å². The standard InChI is InChI=1S/C23H19ClN2O3/c1-12-20-21(14-4-8-17(27)9-5-14)22-18(25-23(20)29-26-12)10-15(11-19(22)28)13-2-6-16(24)7-3-13/h2-9,15,21,25,27H,10-11H2,1H3/t15-,21+/m1/s1. The minimum atomic E-state index is -0.258. The number of nitrogens with one attached hydrogen (secondary N) is 1. The molecule has 5 nitrogen and oxygen atoms in total. The zero-order valence-corrected chi connectivity index (χ0v) is 16.5. The van der Waals surface area contributed by atoms with Gasteiger partial charge in [0.2, 0.25) is 5.88 Å². The molecule has 0 radical (unpaired) electrons. The van der Waals surface area contributed by atoms with Crippen LogP contribution in [0.15, 0.2) is 64.3 Å². The zero-order chi connectivity index (χ0) is 20.1. The number of benzene rings is 2. The number of carbonyl (C=O) groups is 1. The number of carbonyl (C=O) groups excluding carboxylic acids is 1. The molecule has 0 fully saturated rings. The van der Waals surface area contributed by atoms with E-state index in [0.717, 1.165) is 33.7 Å². The molecule has 1 aliphatic carbocycles. The van der Waals surface area contributed by atoms with Crippen LogP contribution in [-0.4, -0.2) is 16.0 Å². The van der Waals surface area contributed by atoms with Crippen molar-refractivity contribution in [2.45, 2.75) is 31.6 Å². The minimum absolute atomic E-state index is 0.0806. The second-order valence-electron chi connectivity index (χ2n) is 7.63. The Hall–Kier alpha value is -3.05. The number of nitrogens with zero attached hydrogens (tertiary/aromatic N) is 1. The average molecular weight is 407 g/mol. The molecule has 0 bridgehead atoms. The summed E-state index contributed by atoms with van der Waals surface area (Å²) in [6.45, 7) is 1.88. The van der Waals surface area contributed by atoms with Crippen molar-refractivity contribution in [3.05, 3.63) is 87.2 Å². The lowest BCUT2D eigenvalue weighted by atomic mass is 9.72. The number of rotatable bonds is 2. The molecule has 0 saturated heterocycles. The van der Waals surface area contributed by atoms with Crippen LogP contribution in [0.25, 0.3) is 0 Å². The predicted octanol–water partition coefficient (Wildman–Crippen LogP) is 5.30. The Morgan fingerprint density at radius 2 is 1.76 bits per heavy atom. The number of anilines is 1. The Kier molecular flexibility index (Phi) is 4.21. The number of aromatic hydroxyl groups is 1. The summed E-state index contributed by atoms with van der Waals surface area (Å²) in [5.74, 6) is 0.715. The molecule has 2 N–H and O–H groups in total. The third-order valence-corrected chi connectivity index (χ3v) is 6.08. The highest BCUT2D eigenvalue weighted by molar-refractivity contribution is 6.30. The van der Waals surface area contributed by atoms with Crippen molar-refractivity contribution in [1.82, 2.24) is 5.16 Å². The van der Waals surface area contributed by atoms with Crippen LogP contribution in [-0.2, 0) is 4.79 Å². The second-order valence-corrected chi connectivity index (χ2v) is 8.07. The van der Waals surface area contributed by atoms with Crippen LogP contribution in [0.4, 0.5) is 5.88 Å². The van der Waals surface area contributed by atoms with E-state index in [-0.39, 0.29) is 23.4 Å². The number of phenolic OH excluding ortho intramolecular Hbond substituents is 1. The van der Waals surface area contributed by atoms with Crippen molar-refractivity contribution in [3.8, 4) is 5.75 Å². The second kappa shape index (κ2) is 6.78. The number of Topliss-reactive ketones (excluding diaryl/α,β-unsaturated/α-hetero) is 1. The van der Waals surface area contributed by atoms with E-state index in [1.807, 2.05) is 43.3 Å². The first-order valence-electron chi connectivity index (χ1n) is 9.55. The Morgan fingerprint density at radius 3 is 2.48 bits per heavy atom. The van der Waals surface area contributed by atoms with Gasteiger partial charge in [0.15, 0.2) is 5.78 Å². The van der Waals surface area contributed by atoms with Crippen LogP contribution < -0.4 is 5.32 Å². The van der Waals surface area contributed by atoms with Gasteiger partial charge in [-0.25, -0.2) is 0 Å². The van der Waals surface area contributed by atoms with Crippen LogP contribution in [0.5, 0.6) is 5.75 Å². The minimum Gasteiger partial charge on any atom is -0.508 e. The quantitative estimate of drug-likeness (QED) is 0.604. The predicted molar refractivity (Wildman–Crippen MR) is 110 cm³/mol. The van der Waals surface area contributed by atoms with Crippen molar-refractivity contribution in [2.24, 2.45) is 0 Å². The van der Waals surface area contributed by atoms with Crippen molar-refractivity contribution >= 4 is 23.3 Å². The first-order valence-corrected chi connectivity index (χ1v) is 9.93. The van der Waals surface area contributed by atoms with Gasteiger partial charge in [-0.05, 0) is 54.7 Å². The van der Waals surface area contributed by atoms with Crippen molar-refractivity contribution in [3.63, 3.8) is 0 Å². The number of aryl methyl sites for hydroxylation is 1. The number of phenols is 1. The molecule has 2 aliphatic rings. The maximum Gasteiger partial charge on any atom is 0.233 e. The van der Waals surface area contributed by atoms with E-state index in [4.69, 9.17) is 16.1 Å². The first-order chi connectivity index (χ1) is 14.0. The number of fused-ring (bicyclic) bond motifs is 1. The lowest BCUT2D eigenvalue weighted by molar-refractivity contribution is -0.116. The number of allylic oxidation sites excluding steroid dienone is 2. The highest BCUT2D eigenvalue weighted by Crippen LogP contribution is 2.49. The fourth-order valence-corrected chi connectivity index (χ4v) is 4.57. The summed E-state index contributed by atoms with van der Waals surface area (Å²) in [5.41, 5.74) is 5.31. The molecule has 2 heterocycles. The third-order valence-electron chi connectivity index (χ3n) is 5.83. The van der Waals surface area contributed by atoms with Gasteiger partial charge in [-0.3, -0.25) is 4.79 Å². The molecule has 3 aromatic rings. The molecule has 29 heavy (non-hydrogen) atoms. The number of hydrogen-bond acceptors (Lipinski definition) is 5. The van der Waals surface area contributed by atoms with Gasteiger partial charge in [0, 0.05) is 28.6 Å². The summed E-state index contributed by atoms with van der Waals surface area (Å²) in [5, 5.41) is 17.8. The fourth-order valence-electron chi connectivity index (χ4n) is 4.44. The van der Waals surface area contributed by atoms with Crippen molar-refractivity contribution in [1.29, 1.82) is 0 Å². The molecule has 2 atom stereocenters. The molecule has 1 aliphatic heterocycles. The molecule has 2 aromatic carbocycles. The van der Waals surface area contributed by atoms with E-state index in [1.54, 1.807) is 12.1 Å². The normalized spacial score (nSPS) is 20.8. The molecule has 6 heteroatoms. The molecule has 0 amide bonds. The highest BCUT2D eigenvalue weighted by Gasteiger charge is 2.41. The van der Waals surface area contributed by atoms with E-state index in [9.17, 15) is 9.90 Å². The molecule has 0 saturated carbocycles. The van der Waals surface area contributed by atoms with Gasteiger partial charge in [-0.1, -0.05) is 41.0 Å². The van der Waals surface area contributed by atoms with Crippen molar-refractivity contribution < 1.29 is 14.4 Å². The first kappa shape index (κ1) is 18.0. The number of ketones is 1. The monoisotopic (exact) mass is 406 g/mol. The third kappa shape index (κ3) is 3.02. The van der Waals surface area contributed by atoms with Crippen LogP contribution in [0.1, 0.15) is 47.1 Å². The topological polar surface area (TPSA) is 75.4 Å². The number of hydrogen-bond donors (Lipinski definition) is 2. The summed E-state index contributed by atoms with van der Waals surface area (Å²) in [6, 6.07) is 14.7. The SMILES string of the molecule is Cc1noc2c1[C@H](c1ccc(O)cc1)C1=C(C[C@@H](c3ccc(Cl)cc3)CC1=O)N2. The summed E-state index contributed by atoms with van der Waals surface area (Å²) >= 11 is 6.02. The van der Waals surface area contributed by atoms with E-state index in [1.165, 1.54) is 0 Å².